The van der Waals surface area contributed by atoms with E-state index < -0.39 is 0 Å². The van der Waals surface area contributed by atoms with Gasteiger partial charge >= 0.3 is 0 Å². The molecule has 116 valence electrons. The molecule has 0 radical (unpaired) electrons. The number of benzene rings is 2. The molecule has 1 aromatic heterocycles. The van der Waals surface area contributed by atoms with Crippen LogP contribution in [0.4, 0.5) is 0 Å². The highest BCUT2D eigenvalue weighted by Crippen LogP contribution is 2.28. The summed E-state index contributed by atoms with van der Waals surface area (Å²) in [6.07, 6.45) is 0.746. The molecular formula is C17H14N2O4. The van der Waals surface area contributed by atoms with Crippen LogP contribution in [0, 0.1) is 0 Å². The molecule has 23 heavy (non-hydrogen) atoms. The van der Waals surface area contributed by atoms with E-state index in [2.05, 4.69) is 10.2 Å². The number of aromatic nitrogens is 2. The van der Waals surface area contributed by atoms with Gasteiger partial charge in [0.15, 0.2) is 18.1 Å². The fourth-order valence-electron chi connectivity index (χ4n) is 2.03. The van der Waals surface area contributed by atoms with E-state index in [9.17, 15) is 4.79 Å². The van der Waals surface area contributed by atoms with Crippen LogP contribution in [0.5, 0.6) is 11.5 Å². The summed E-state index contributed by atoms with van der Waals surface area (Å²) in [7, 11) is 1.51. The molecule has 0 bridgehead atoms. The summed E-state index contributed by atoms with van der Waals surface area (Å²) in [5.41, 5.74) is 1.36. The van der Waals surface area contributed by atoms with Gasteiger partial charge in [-0.2, -0.15) is 0 Å². The van der Waals surface area contributed by atoms with Crippen LogP contribution in [0.15, 0.2) is 52.9 Å². The molecule has 0 N–H and O–H groups in total. The van der Waals surface area contributed by atoms with Crippen LogP contribution < -0.4 is 9.47 Å². The lowest BCUT2D eigenvalue weighted by Gasteiger charge is -2.09. The second kappa shape index (κ2) is 6.74. The lowest BCUT2D eigenvalue weighted by molar-refractivity contribution is 0.112. The van der Waals surface area contributed by atoms with Gasteiger partial charge in [-0.15, -0.1) is 10.2 Å². The number of ether oxygens (including phenoxy) is 2. The Balaban J connectivity index is 1.72. The summed E-state index contributed by atoms with van der Waals surface area (Å²) < 4.78 is 16.4. The first-order chi connectivity index (χ1) is 11.3. The van der Waals surface area contributed by atoms with E-state index in [1.54, 1.807) is 18.2 Å². The Morgan fingerprint density at radius 2 is 1.91 bits per heavy atom. The lowest BCUT2D eigenvalue weighted by atomic mass is 10.2. The van der Waals surface area contributed by atoms with Crippen molar-refractivity contribution in [2.45, 2.75) is 6.61 Å². The van der Waals surface area contributed by atoms with Gasteiger partial charge in [0.05, 0.1) is 7.11 Å². The Hall–Kier alpha value is -3.15. The average Bonchev–Trinajstić information content (AvgIpc) is 3.09. The van der Waals surface area contributed by atoms with Crippen LogP contribution in [-0.4, -0.2) is 23.6 Å². The van der Waals surface area contributed by atoms with Crippen LogP contribution >= 0.6 is 0 Å². The minimum absolute atomic E-state index is 0.108. The van der Waals surface area contributed by atoms with Crippen molar-refractivity contribution in [2.75, 3.05) is 7.11 Å². The Bertz CT molecular complexity index is 799. The van der Waals surface area contributed by atoms with Crippen LogP contribution in [0.1, 0.15) is 16.2 Å². The SMILES string of the molecule is COc1cc(C=O)ccc1OCc1nnc(-c2ccccc2)o1. The Morgan fingerprint density at radius 3 is 2.65 bits per heavy atom. The number of hydrogen-bond acceptors (Lipinski definition) is 6. The van der Waals surface area contributed by atoms with Crippen molar-refractivity contribution in [1.29, 1.82) is 0 Å². The van der Waals surface area contributed by atoms with Crippen molar-refractivity contribution in [3.63, 3.8) is 0 Å². The summed E-state index contributed by atoms with van der Waals surface area (Å²) >= 11 is 0. The molecule has 0 unspecified atom stereocenters. The number of methoxy groups -OCH3 is 1. The molecule has 3 rings (SSSR count). The monoisotopic (exact) mass is 310 g/mol. The van der Waals surface area contributed by atoms with Crippen molar-refractivity contribution in [1.82, 2.24) is 10.2 Å². The zero-order valence-electron chi connectivity index (χ0n) is 12.4. The van der Waals surface area contributed by atoms with E-state index in [0.717, 1.165) is 11.8 Å². The van der Waals surface area contributed by atoms with Gasteiger partial charge in [-0.3, -0.25) is 4.79 Å². The van der Waals surface area contributed by atoms with Gasteiger partial charge in [-0.25, -0.2) is 0 Å². The topological polar surface area (TPSA) is 74.5 Å². The Morgan fingerprint density at radius 1 is 1.09 bits per heavy atom. The third-order valence-electron chi connectivity index (χ3n) is 3.16. The van der Waals surface area contributed by atoms with Crippen molar-refractivity contribution in [2.24, 2.45) is 0 Å². The second-order valence-corrected chi connectivity index (χ2v) is 4.68. The molecule has 0 fully saturated rings. The zero-order valence-corrected chi connectivity index (χ0v) is 12.4. The molecule has 6 heteroatoms. The van der Waals surface area contributed by atoms with Gasteiger partial charge in [0, 0.05) is 11.1 Å². The highest BCUT2D eigenvalue weighted by Gasteiger charge is 2.11. The Kier molecular flexibility index (Phi) is 4.33. The molecule has 6 nitrogen and oxygen atoms in total. The molecule has 1 heterocycles. The summed E-state index contributed by atoms with van der Waals surface area (Å²) in [5.74, 6) is 1.76. The highest BCUT2D eigenvalue weighted by atomic mass is 16.5. The molecule has 0 spiro atoms. The number of carbonyl (C=O) groups is 1. The summed E-state index contributed by atoms with van der Waals surface area (Å²) in [6, 6.07) is 14.4. The van der Waals surface area contributed by atoms with Crippen molar-refractivity contribution in [3.05, 3.63) is 60.0 Å². The predicted octanol–water partition coefficient (Wildman–Crippen LogP) is 3.14. The number of hydrogen-bond donors (Lipinski definition) is 0. The summed E-state index contributed by atoms with van der Waals surface area (Å²) in [5, 5.41) is 7.95. The van der Waals surface area contributed by atoms with Gasteiger partial charge in [0.25, 0.3) is 5.89 Å². The largest absolute Gasteiger partial charge is 0.493 e. The molecule has 0 aliphatic carbocycles. The molecule has 0 aliphatic heterocycles. The maximum atomic E-state index is 10.8. The van der Waals surface area contributed by atoms with Crippen molar-refractivity contribution in [3.8, 4) is 23.0 Å². The standard InChI is InChI=1S/C17H14N2O4/c1-21-15-9-12(10-20)7-8-14(15)22-11-16-18-19-17(23-16)13-5-3-2-4-6-13/h2-10H,11H2,1H3. The molecular weight excluding hydrogens is 296 g/mol. The molecule has 0 amide bonds. The second-order valence-electron chi connectivity index (χ2n) is 4.68. The molecule has 0 atom stereocenters. The molecule has 0 saturated heterocycles. The van der Waals surface area contributed by atoms with Crippen LogP contribution in [-0.2, 0) is 6.61 Å². The third-order valence-corrected chi connectivity index (χ3v) is 3.16. The van der Waals surface area contributed by atoms with Crippen LogP contribution in [0.2, 0.25) is 0 Å². The molecule has 2 aromatic carbocycles. The number of aldehydes is 1. The van der Waals surface area contributed by atoms with E-state index in [-0.39, 0.29) is 6.61 Å². The average molecular weight is 310 g/mol. The first-order valence-corrected chi connectivity index (χ1v) is 6.94. The fourth-order valence-corrected chi connectivity index (χ4v) is 2.03. The zero-order chi connectivity index (χ0) is 16.1. The van der Waals surface area contributed by atoms with Crippen LogP contribution in [0.3, 0.4) is 0 Å². The van der Waals surface area contributed by atoms with Gasteiger partial charge in [0.1, 0.15) is 6.29 Å². The third kappa shape index (κ3) is 3.37. The van der Waals surface area contributed by atoms with E-state index in [0.29, 0.717) is 28.8 Å². The van der Waals surface area contributed by atoms with Crippen LogP contribution in [0.25, 0.3) is 11.5 Å². The van der Waals surface area contributed by atoms with E-state index in [4.69, 9.17) is 13.9 Å². The smallest absolute Gasteiger partial charge is 0.254 e. The number of carbonyl (C=O) groups excluding carboxylic acids is 1. The molecule has 0 aliphatic rings. The maximum Gasteiger partial charge on any atom is 0.254 e. The number of rotatable bonds is 6. The lowest BCUT2D eigenvalue weighted by Crippen LogP contribution is -1.98. The normalized spacial score (nSPS) is 10.3. The van der Waals surface area contributed by atoms with Gasteiger partial charge < -0.3 is 13.9 Å². The quantitative estimate of drug-likeness (QED) is 0.651. The van der Waals surface area contributed by atoms with Gasteiger partial charge in [0.2, 0.25) is 5.89 Å². The minimum atomic E-state index is 0.108. The van der Waals surface area contributed by atoms with E-state index in [1.165, 1.54) is 7.11 Å². The van der Waals surface area contributed by atoms with Gasteiger partial charge in [-0.1, -0.05) is 18.2 Å². The Labute approximate surface area is 132 Å². The summed E-state index contributed by atoms with van der Waals surface area (Å²) in [6.45, 7) is 0.108. The first kappa shape index (κ1) is 14.8. The maximum absolute atomic E-state index is 10.8. The van der Waals surface area contributed by atoms with Crippen molar-refractivity contribution >= 4 is 6.29 Å². The van der Waals surface area contributed by atoms with E-state index in [1.807, 2.05) is 30.3 Å². The van der Waals surface area contributed by atoms with Gasteiger partial charge in [-0.05, 0) is 30.3 Å². The minimum Gasteiger partial charge on any atom is -0.493 e. The fraction of sp³-hybridized carbons (Fsp3) is 0.118. The highest BCUT2D eigenvalue weighted by molar-refractivity contribution is 5.76. The molecule has 3 aromatic rings. The number of nitrogens with zero attached hydrogens (tertiary/aromatic N) is 2. The van der Waals surface area contributed by atoms with E-state index >= 15 is 0 Å². The summed E-state index contributed by atoms with van der Waals surface area (Å²) in [4.78, 5) is 10.8. The first-order valence-electron chi connectivity index (χ1n) is 6.94. The predicted molar refractivity (Wildman–Crippen MR) is 82.4 cm³/mol. The molecule has 0 saturated carbocycles. The van der Waals surface area contributed by atoms with Crippen molar-refractivity contribution < 1.29 is 18.7 Å².